The molecule has 0 heterocycles. The van der Waals surface area contributed by atoms with Gasteiger partial charge in [0.05, 0.1) is 6.54 Å². The summed E-state index contributed by atoms with van der Waals surface area (Å²) in [5.41, 5.74) is 3.20. The molecule has 2 rings (SSSR count). The average molecular weight is 325 g/mol. The van der Waals surface area contributed by atoms with E-state index in [9.17, 15) is 14.4 Å². The van der Waals surface area contributed by atoms with Gasteiger partial charge in [-0.15, -0.1) is 0 Å². The Morgan fingerprint density at radius 2 is 1.50 bits per heavy atom. The Balaban J connectivity index is 1.80. The van der Waals surface area contributed by atoms with Crippen LogP contribution in [0.2, 0.25) is 0 Å². The molecule has 2 aromatic carbocycles. The van der Waals surface area contributed by atoms with Gasteiger partial charge in [-0.3, -0.25) is 14.4 Å². The first-order chi connectivity index (χ1) is 11.4. The number of amides is 3. The van der Waals surface area contributed by atoms with Crippen LogP contribution in [0.3, 0.4) is 0 Å². The van der Waals surface area contributed by atoms with E-state index < -0.39 is 17.7 Å². The van der Waals surface area contributed by atoms with Gasteiger partial charge in [0, 0.05) is 11.4 Å². The molecule has 0 aliphatic heterocycles. The number of anilines is 2. The maximum Gasteiger partial charge on any atom is 0.313 e. The highest BCUT2D eigenvalue weighted by atomic mass is 16.2. The van der Waals surface area contributed by atoms with Crippen molar-refractivity contribution in [2.75, 3.05) is 17.2 Å². The molecule has 0 radical (unpaired) electrons. The number of carbonyl (C=O) groups excluding carboxylic acids is 3. The predicted octanol–water partition coefficient (Wildman–Crippen LogP) is 2.00. The SMILES string of the molecule is Cc1ccc(NC(=O)CNC(=O)C(=O)Nc2cccc(C)c2)cc1. The Morgan fingerprint density at radius 1 is 0.792 bits per heavy atom. The Morgan fingerprint density at radius 3 is 2.17 bits per heavy atom. The van der Waals surface area contributed by atoms with Crippen molar-refractivity contribution in [3.63, 3.8) is 0 Å². The van der Waals surface area contributed by atoms with E-state index in [1.54, 1.807) is 30.3 Å². The molecule has 0 aromatic heterocycles. The topological polar surface area (TPSA) is 87.3 Å². The van der Waals surface area contributed by atoms with Crippen molar-refractivity contribution in [1.82, 2.24) is 5.32 Å². The fourth-order valence-electron chi connectivity index (χ4n) is 1.99. The standard InChI is InChI=1S/C18H19N3O3/c1-12-6-8-14(9-7-12)20-16(22)11-19-17(23)18(24)21-15-5-3-4-13(2)10-15/h3-10H,11H2,1-2H3,(H,19,23)(H,20,22)(H,21,24). The zero-order valence-electron chi connectivity index (χ0n) is 13.6. The van der Waals surface area contributed by atoms with Gasteiger partial charge in [0.25, 0.3) is 0 Å². The second-order valence-corrected chi connectivity index (χ2v) is 5.42. The third kappa shape index (κ3) is 5.24. The van der Waals surface area contributed by atoms with Crippen LogP contribution < -0.4 is 16.0 Å². The molecule has 6 heteroatoms. The van der Waals surface area contributed by atoms with Crippen LogP contribution in [0, 0.1) is 13.8 Å². The number of carbonyl (C=O) groups is 3. The summed E-state index contributed by atoms with van der Waals surface area (Å²) in [7, 11) is 0. The van der Waals surface area contributed by atoms with Gasteiger partial charge in [-0.1, -0.05) is 29.8 Å². The van der Waals surface area contributed by atoms with Crippen molar-refractivity contribution < 1.29 is 14.4 Å². The zero-order valence-corrected chi connectivity index (χ0v) is 13.6. The molecular formula is C18H19N3O3. The maximum atomic E-state index is 11.8. The highest BCUT2D eigenvalue weighted by molar-refractivity contribution is 6.39. The molecule has 2 aromatic rings. The van der Waals surface area contributed by atoms with Crippen LogP contribution in [0.1, 0.15) is 11.1 Å². The first-order valence-corrected chi connectivity index (χ1v) is 7.46. The lowest BCUT2D eigenvalue weighted by atomic mass is 10.2. The van der Waals surface area contributed by atoms with Crippen LogP contribution in [0.5, 0.6) is 0 Å². The van der Waals surface area contributed by atoms with E-state index in [-0.39, 0.29) is 6.54 Å². The molecule has 24 heavy (non-hydrogen) atoms. The van der Waals surface area contributed by atoms with Gasteiger partial charge in [-0.25, -0.2) is 0 Å². The summed E-state index contributed by atoms with van der Waals surface area (Å²) < 4.78 is 0. The van der Waals surface area contributed by atoms with Crippen LogP contribution in [0.15, 0.2) is 48.5 Å². The second-order valence-electron chi connectivity index (χ2n) is 5.42. The normalized spacial score (nSPS) is 9.92. The molecule has 0 aliphatic rings. The highest BCUT2D eigenvalue weighted by Crippen LogP contribution is 2.09. The van der Waals surface area contributed by atoms with Gasteiger partial charge in [0.15, 0.2) is 0 Å². The number of hydrogen-bond donors (Lipinski definition) is 3. The number of hydrogen-bond acceptors (Lipinski definition) is 3. The van der Waals surface area contributed by atoms with E-state index in [0.29, 0.717) is 11.4 Å². The summed E-state index contributed by atoms with van der Waals surface area (Å²) in [6.45, 7) is 3.54. The lowest BCUT2D eigenvalue weighted by Gasteiger charge is -2.08. The van der Waals surface area contributed by atoms with Crippen molar-refractivity contribution in [3.05, 3.63) is 59.7 Å². The predicted molar refractivity (Wildman–Crippen MR) is 92.6 cm³/mol. The van der Waals surface area contributed by atoms with Crippen molar-refractivity contribution >= 4 is 29.1 Å². The molecule has 6 nitrogen and oxygen atoms in total. The van der Waals surface area contributed by atoms with E-state index in [1.165, 1.54) is 0 Å². The van der Waals surface area contributed by atoms with Gasteiger partial charge in [-0.05, 0) is 43.7 Å². The van der Waals surface area contributed by atoms with Gasteiger partial charge < -0.3 is 16.0 Å². The quantitative estimate of drug-likeness (QED) is 0.751. The molecular weight excluding hydrogens is 306 g/mol. The van der Waals surface area contributed by atoms with Crippen LogP contribution >= 0.6 is 0 Å². The Labute approximate surface area is 140 Å². The molecule has 0 spiro atoms. The third-order valence-electron chi connectivity index (χ3n) is 3.23. The fraction of sp³-hybridized carbons (Fsp3) is 0.167. The largest absolute Gasteiger partial charge is 0.339 e. The number of aryl methyl sites for hydroxylation is 2. The monoisotopic (exact) mass is 325 g/mol. The van der Waals surface area contributed by atoms with Gasteiger partial charge in [0.2, 0.25) is 5.91 Å². The van der Waals surface area contributed by atoms with Gasteiger partial charge in [-0.2, -0.15) is 0 Å². The fourth-order valence-corrected chi connectivity index (χ4v) is 1.99. The third-order valence-corrected chi connectivity index (χ3v) is 3.23. The molecule has 0 saturated carbocycles. The van der Waals surface area contributed by atoms with Crippen molar-refractivity contribution in [1.29, 1.82) is 0 Å². The molecule has 0 atom stereocenters. The molecule has 3 amide bonds. The van der Waals surface area contributed by atoms with E-state index in [2.05, 4.69) is 16.0 Å². The van der Waals surface area contributed by atoms with E-state index >= 15 is 0 Å². The zero-order chi connectivity index (χ0) is 17.5. The minimum atomic E-state index is -0.865. The smallest absolute Gasteiger partial charge is 0.313 e. The Hall–Kier alpha value is -3.15. The molecule has 3 N–H and O–H groups in total. The summed E-state index contributed by atoms with van der Waals surface area (Å²) in [5.74, 6) is -2.09. The molecule has 0 bridgehead atoms. The summed E-state index contributed by atoms with van der Waals surface area (Å²) in [6.07, 6.45) is 0. The molecule has 0 unspecified atom stereocenters. The minimum absolute atomic E-state index is 0.284. The maximum absolute atomic E-state index is 11.8. The number of rotatable bonds is 4. The molecule has 0 saturated heterocycles. The summed E-state index contributed by atoms with van der Waals surface area (Å²) in [6, 6.07) is 14.3. The van der Waals surface area contributed by atoms with Crippen LogP contribution in [0.25, 0.3) is 0 Å². The minimum Gasteiger partial charge on any atom is -0.339 e. The molecule has 0 aliphatic carbocycles. The van der Waals surface area contributed by atoms with Crippen molar-refractivity contribution in [2.24, 2.45) is 0 Å². The summed E-state index contributed by atoms with van der Waals surface area (Å²) >= 11 is 0. The average Bonchev–Trinajstić information content (AvgIpc) is 2.54. The second kappa shape index (κ2) is 7.92. The van der Waals surface area contributed by atoms with E-state index in [4.69, 9.17) is 0 Å². The first-order valence-electron chi connectivity index (χ1n) is 7.46. The van der Waals surface area contributed by atoms with Crippen LogP contribution in [-0.4, -0.2) is 24.3 Å². The number of nitrogens with one attached hydrogen (secondary N) is 3. The first kappa shape index (κ1) is 17.2. The van der Waals surface area contributed by atoms with Crippen LogP contribution in [0.4, 0.5) is 11.4 Å². The molecule has 124 valence electrons. The van der Waals surface area contributed by atoms with Crippen LogP contribution in [-0.2, 0) is 14.4 Å². The van der Waals surface area contributed by atoms with E-state index in [1.807, 2.05) is 32.0 Å². The summed E-state index contributed by atoms with van der Waals surface area (Å²) in [5, 5.41) is 7.40. The Kier molecular flexibility index (Phi) is 5.68. The van der Waals surface area contributed by atoms with Crippen molar-refractivity contribution in [3.8, 4) is 0 Å². The van der Waals surface area contributed by atoms with Crippen molar-refractivity contribution in [2.45, 2.75) is 13.8 Å². The Bertz CT molecular complexity index is 754. The van der Waals surface area contributed by atoms with Gasteiger partial charge >= 0.3 is 11.8 Å². The lowest BCUT2D eigenvalue weighted by Crippen LogP contribution is -2.39. The van der Waals surface area contributed by atoms with E-state index in [0.717, 1.165) is 11.1 Å². The summed E-state index contributed by atoms with van der Waals surface area (Å²) in [4.78, 5) is 35.3. The lowest BCUT2D eigenvalue weighted by molar-refractivity contribution is -0.136. The van der Waals surface area contributed by atoms with Gasteiger partial charge in [0.1, 0.15) is 0 Å². The highest BCUT2D eigenvalue weighted by Gasteiger charge is 2.14. The molecule has 0 fully saturated rings. The number of benzene rings is 2.